The number of rotatable bonds is 5. The molecule has 0 spiro atoms. The number of aromatic nitrogens is 6. The molecule has 5 heterocycles. The molecule has 134 valence electrons. The van der Waals surface area contributed by atoms with Crippen LogP contribution in [0.15, 0.2) is 12.3 Å². The molecule has 8 nitrogen and oxygen atoms in total. The Kier molecular flexibility index (Phi) is 3.46. The van der Waals surface area contributed by atoms with Crippen molar-refractivity contribution in [2.24, 2.45) is 0 Å². The largest absolute Gasteiger partial charge is 0.373 e. The first-order valence-corrected chi connectivity index (χ1v) is 9.34. The zero-order valence-corrected chi connectivity index (χ0v) is 14.7. The van der Waals surface area contributed by atoms with Crippen molar-refractivity contribution in [2.75, 3.05) is 26.2 Å². The Morgan fingerprint density at radius 1 is 1.32 bits per heavy atom. The van der Waals surface area contributed by atoms with E-state index in [2.05, 4.69) is 48.3 Å². The number of aromatic amines is 1. The average molecular weight is 343 g/mol. The lowest BCUT2D eigenvalue weighted by Crippen LogP contribution is -2.54. The minimum atomic E-state index is 0.0126. The summed E-state index contributed by atoms with van der Waals surface area (Å²) >= 11 is 0. The Hall–Kier alpha value is -1.80. The molecule has 2 aromatic rings. The third-order valence-electron chi connectivity index (χ3n) is 6.36. The van der Waals surface area contributed by atoms with Crippen LogP contribution in [-0.4, -0.2) is 67.1 Å². The van der Waals surface area contributed by atoms with E-state index >= 15 is 0 Å². The summed E-state index contributed by atoms with van der Waals surface area (Å²) in [5.41, 5.74) is 1.43. The number of aryl methyl sites for hydroxylation is 1. The maximum absolute atomic E-state index is 6.20. The molecule has 0 atom stereocenters. The maximum atomic E-state index is 6.20. The molecule has 2 aromatic heterocycles. The summed E-state index contributed by atoms with van der Waals surface area (Å²) in [5.74, 6) is 1.47. The van der Waals surface area contributed by atoms with E-state index < -0.39 is 0 Å². The van der Waals surface area contributed by atoms with Gasteiger partial charge in [-0.15, -0.1) is 10.2 Å². The van der Waals surface area contributed by atoms with Crippen LogP contribution in [0.5, 0.6) is 0 Å². The number of fused-ring (bicyclic) bond motifs is 1. The highest BCUT2D eigenvalue weighted by Gasteiger charge is 2.65. The molecule has 0 unspecified atom stereocenters. The van der Waals surface area contributed by atoms with Gasteiger partial charge in [0.15, 0.2) is 5.82 Å². The van der Waals surface area contributed by atoms with E-state index in [-0.39, 0.29) is 11.0 Å². The van der Waals surface area contributed by atoms with Gasteiger partial charge in [0.1, 0.15) is 0 Å². The summed E-state index contributed by atoms with van der Waals surface area (Å²) < 4.78 is 8.35. The Morgan fingerprint density at radius 2 is 2.16 bits per heavy atom. The lowest BCUT2D eigenvalue weighted by Gasteiger charge is -2.46. The highest BCUT2D eigenvalue weighted by molar-refractivity contribution is 5.25. The van der Waals surface area contributed by atoms with Crippen LogP contribution in [0.4, 0.5) is 0 Å². The first-order valence-electron chi connectivity index (χ1n) is 9.34. The number of nitrogens with one attached hydrogen (secondary N) is 1. The number of likely N-dealkylation sites (tertiary alicyclic amines) is 1. The molecule has 0 amide bonds. The van der Waals surface area contributed by atoms with Gasteiger partial charge in [0.2, 0.25) is 0 Å². The van der Waals surface area contributed by atoms with E-state index in [0.717, 1.165) is 51.5 Å². The molecule has 4 fully saturated rings. The molecule has 4 aliphatic rings. The second kappa shape index (κ2) is 5.60. The van der Waals surface area contributed by atoms with Gasteiger partial charge < -0.3 is 9.64 Å². The number of H-pyrrole nitrogens is 1. The minimum absolute atomic E-state index is 0.0126. The second-order valence-corrected chi connectivity index (χ2v) is 7.96. The molecule has 25 heavy (non-hydrogen) atoms. The molecule has 6 rings (SSSR count). The van der Waals surface area contributed by atoms with E-state index in [0.29, 0.717) is 5.92 Å². The fraction of sp³-hybridized carbons (Fsp3) is 0.765. The van der Waals surface area contributed by atoms with Crippen molar-refractivity contribution in [1.82, 2.24) is 35.3 Å². The number of ether oxygens (including phenoxy) is 1. The summed E-state index contributed by atoms with van der Waals surface area (Å²) in [6.45, 7) is 7.16. The molecule has 2 bridgehead atoms. The summed E-state index contributed by atoms with van der Waals surface area (Å²) in [4.78, 5) is 2.58. The van der Waals surface area contributed by atoms with Crippen LogP contribution < -0.4 is 0 Å². The van der Waals surface area contributed by atoms with E-state index in [4.69, 9.17) is 4.74 Å². The van der Waals surface area contributed by atoms with Gasteiger partial charge in [0.05, 0.1) is 17.6 Å². The lowest BCUT2D eigenvalue weighted by molar-refractivity contribution is -0.0373. The normalized spacial score (nSPS) is 32.8. The predicted octanol–water partition coefficient (Wildman–Crippen LogP) is 1.10. The molecule has 1 N–H and O–H groups in total. The molecule has 1 saturated carbocycles. The first kappa shape index (κ1) is 15.5. The molecule has 3 aliphatic heterocycles. The van der Waals surface area contributed by atoms with Gasteiger partial charge in [-0.1, -0.05) is 5.21 Å². The van der Waals surface area contributed by atoms with Crippen molar-refractivity contribution in [3.63, 3.8) is 0 Å². The fourth-order valence-electron chi connectivity index (χ4n) is 5.19. The molecule has 3 saturated heterocycles. The Morgan fingerprint density at radius 3 is 2.88 bits per heavy atom. The number of tetrazole rings is 1. The standard InChI is InChI=1S/C17H25N7O/c1-2-24-14(3-6-18-24)13-4-7-23(8-5-13)11-17-9-16(10-17,12-25-17)15-19-21-22-20-15/h3,6,13H,2,4-5,7-12H2,1H3,(H,19,20,21,22). The van der Waals surface area contributed by atoms with Gasteiger partial charge in [-0.25, -0.2) is 0 Å². The van der Waals surface area contributed by atoms with Gasteiger partial charge in [-0.2, -0.15) is 10.3 Å². The van der Waals surface area contributed by atoms with Crippen LogP contribution in [0.1, 0.15) is 50.0 Å². The van der Waals surface area contributed by atoms with Gasteiger partial charge in [0, 0.05) is 30.9 Å². The lowest BCUT2D eigenvalue weighted by atomic mass is 9.61. The number of piperidine rings is 1. The first-order chi connectivity index (χ1) is 12.2. The van der Waals surface area contributed by atoms with Gasteiger partial charge in [-0.3, -0.25) is 4.68 Å². The molecule has 0 radical (unpaired) electrons. The Bertz CT molecular complexity index is 726. The van der Waals surface area contributed by atoms with Crippen LogP contribution in [0.25, 0.3) is 0 Å². The number of hydrogen-bond acceptors (Lipinski definition) is 6. The summed E-state index contributed by atoms with van der Waals surface area (Å²) in [7, 11) is 0. The third-order valence-corrected chi connectivity index (χ3v) is 6.36. The zero-order chi connectivity index (χ0) is 16.9. The van der Waals surface area contributed by atoms with Gasteiger partial charge in [-0.05, 0) is 51.8 Å². The van der Waals surface area contributed by atoms with Crippen LogP contribution in [0.2, 0.25) is 0 Å². The van der Waals surface area contributed by atoms with Crippen LogP contribution >= 0.6 is 0 Å². The summed E-state index contributed by atoms with van der Waals surface area (Å²) in [6, 6.07) is 2.19. The topological polar surface area (TPSA) is 84.8 Å². The van der Waals surface area contributed by atoms with Gasteiger partial charge in [0.25, 0.3) is 0 Å². The van der Waals surface area contributed by atoms with E-state index in [1.54, 1.807) is 0 Å². The summed E-state index contributed by atoms with van der Waals surface area (Å²) in [6.07, 6.45) is 6.40. The minimum Gasteiger partial charge on any atom is -0.373 e. The quantitative estimate of drug-likeness (QED) is 0.875. The van der Waals surface area contributed by atoms with Crippen molar-refractivity contribution < 1.29 is 4.74 Å². The van der Waals surface area contributed by atoms with Crippen molar-refractivity contribution >= 4 is 0 Å². The molecular weight excluding hydrogens is 318 g/mol. The highest BCUT2D eigenvalue weighted by Crippen LogP contribution is 2.58. The fourth-order valence-corrected chi connectivity index (χ4v) is 5.19. The highest BCUT2D eigenvalue weighted by atomic mass is 16.5. The predicted molar refractivity (Wildman–Crippen MR) is 90.1 cm³/mol. The molecule has 0 aromatic carbocycles. The number of nitrogens with zero attached hydrogens (tertiary/aromatic N) is 6. The Balaban J connectivity index is 1.18. The molecular formula is C17H25N7O. The second-order valence-electron chi connectivity index (χ2n) is 7.96. The van der Waals surface area contributed by atoms with Crippen molar-refractivity contribution in [2.45, 2.75) is 56.1 Å². The smallest absolute Gasteiger partial charge is 0.183 e. The van der Waals surface area contributed by atoms with Crippen molar-refractivity contribution in [1.29, 1.82) is 0 Å². The van der Waals surface area contributed by atoms with Crippen LogP contribution in [0.3, 0.4) is 0 Å². The van der Waals surface area contributed by atoms with E-state index in [1.165, 1.54) is 18.5 Å². The molecule has 1 aliphatic carbocycles. The Labute approximate surface area is 146 Å². The van der Waals surface area contributed by atoms with Crippen molar-refractivity contribution in [3.05, 3.63) is 23.8 Å². The molecule has 8 heteroatoms. The van der Waals surface area contributed by atoms with E-state index in [9.17, 15) is 0 Å². The van der Waals surface area contributed by atoms with E-state index in [1.807, 2.05) is 6.20 Å². The van der Waals surface area contributed by atoms with Crippen LogP contribution in [-0.2, 0) is 16.7 Å². The summed E-state index contributed by atoms with van der Waals surface area (Å²) in [5, 5.41) is 19.1. The van der Waals surface area contributed by atoms with Crippen molar-refractivity contribution in [3.8, 4) is 0 Å². The maximum Gasteiger partial charge on any atom is 0.183 e. The van der Waals surface area contributed by atoms with Crippen LogP contribution in [0, 0.1) is 0 Å². The SMILES string of the molecule is CCn1nccc1C1CCN(CC23CC(c4nn[nH]n4)(CO2)C3)CC1. The number of hydrogen-bond donors (Lipinski definition) is 1. The zero-order valence-electron chi connectivity index (χ0n) is 14.7. The third kappa shape index (κ3) is 2.42. The average Bonchev–Trinajstić information content (AvgIpc) is 3.37. The van der Waals surface area contributed by atoms with Gasteiger partial charge >= 0.3 is 0 Å². The monoisotopic (exact) mass is 343 g/mol.